The van der Waals surface area contributed by atoms with Crippen LogP contribution in [0.4, 0.5) is 0 Å². The van der Waals surface area contributed by atoms with Gasteiger partial charge in [0.2, 0.25) is 0 Å². The molecule has 104 valence electrons. The number of phenolic OH excluding ortho intramolecular Hbond substituents is 1. The number of benzene rings is 2. The summed E-state index contributed by atoms with van der Waals surface area (Å²) in [5.41, 5.74) is 3.68. The molecule has 1 heterocycles. The van der Waals surface area contributed by atoms with Crippen molar-refractivity contribution in [3.8, 4) is 5.75 Å². The first-order valence-corrected chi connectivity index (χ1v) is 7.28. The normalized spacial score (nSPS) is 19.4. The van der Waals surface area contributed by atoms with Crippen LogP contribution >= 0.6 is 0 Å². The number of hydrogen-bond acceptors (Lipinski definition) is 2. The fraction of sp³-hybridized carbons (Fsp3) is 0.333. The summed E-state index contributed by atoms with van der Waals surface area (Å²) in [6.07, 6.45) is 1.20. The Bertz CT molecular complexity index is 579. The number of aryl methyl sites for hydroxylation is 1. The average molecular weight is 267 g/mol. The molecule has 1 N–H and O–H groups in total. The van der Waals surface area contributed by atoms with Gasteiger partial charge in [0, 0.05) is 18.7 Å². The minimum atomic E-state index is 0.416. The van der Waals surface area contributed by atoms with E-state index in [2.05, 4.69) is 48.2 Å². The summed E-state index contributed by atoms with van der Waals surface area (Å²) in [4.78, 5) is 2.44. The Labute approximate surface area is 120 Å². The Kier molecular flexibility index (Phi) is 3.75. The van der Waals surface area contributed by atoms with Gasteiger partial charge in [-0.05, 0) is 37.4 Å². The number of phenols is 1. The third-order valence-electron chi connectivity index (χ3n) is 4.17. The third kappa shape index (κ3) is 2.86. The summed E-state index contributed by atoms with van der Waals surface area (Å²) >= 11 is 0. The Morgan fingerprint density at radius 2 is 1.95 bits per heavy atom. The van der Waals surface area contributed by atoms with Crippen LogP contribution in [-0.4, -0.2) is 23.1 Å². The molecule has 2 aromatic carbocycles. The van der Waals surface area contributed by atoms with Crippen LogP contribution in [-0.2, 0) is 6.54 Å². The van der Waals surface area contributed by atoms with E-state index in [1.165, 1.54) is 17.5 Å². The zero-order valence-electron chi connectivity index (χ0n) is 11.9. The van der Waals surface area contributed by atoms with Crippen molar-refractivity contribution in [1.82, 2.24) is 4.90 Å². The highest BCUT2D eigenvalue weighted by Crippen LogP contribution is 2.29. The first-order chi connectivity index (χ1) is 9.72. The Morgan fingerprint density at radius 3 is 2.75 bits per heavy atom. The standard InChI is InChI=1S/C18H21NO/c1-14-7-8-18(20)17(11-14)13-19-10-9-16(12-19)15-5-3-2-4-6-15/h2-8,11,16,20H,9-10,12-13H2,1H3. The molecule has 0 saturated carbocycles. The molecule has 0 amide bonds. The SMILES string of the molecule is Cc1ccc(O)c(CN2CCC(c3ccccc3)C2)c1. The monoisotopic (exact) mass is 267 g/mol. The molecule has 0 aliphatic carbocycles. The van der Waals surface area contributed by atoms with Gasteiger partial charge in [0.05, 0.1) is 0 Å². The average Bonchev–Trinajstić information content (AvgIpc) is 2.92. The molecule has 0 spiro atoms. The van der Waals surface area contributed by atoms with Gasteiger partial charge in [0.1, 0.15) is 5.75 Å². The molecule has 3 rings (SSSR count). The van der Waals surface area contributed by atoms with E-state index in [9.17, 15) is 5.11 Å². The largest absolute Gasteiger partial charge is 0.508 e. The molecule has 1 unspecified atom stereocenters. The van der Waals surface area contributed by atoms with Gasteiger partial charge in [-0.1, -0.05) is 48.0 Å². The van der Waals surface area contributed by atoms with Crippen LogP contribution in [0.25, 0.3) is 0 Å². The number of rotatable bonds is 3. The zero-order chi connectivity index (χ0) is 13.9. The van der Waals surface area contributed by atoms with Crippen molar-refractivity contribution in [2.24, 2.45) is 0 Å². The van der Waals surface area contributed by atoms with Gasteiger partial charge in [-0.2, -0.15) is 0 Å². The van der Waals surface area contributed by atoms with Gasteiger partial charge >= 0.3 is 0 Å². The third-order valence-corrected chi connectivity index (χ3v) is 4.17. The highest BCUT2D eigenvalue weighted by Gasteiger charge is 2.24. The molecule has 1 aliphatic rings. The minimum absolute atomic E-state index is 0.416. The molecular weight excluding hydrogens is 246 g/mol. The molecule has 20 heavy (non-hydrogen) atoms. The summed E-state index contributed by atoms with van der Waals surface area (Å²) < 4.78 is 0. The molecule has 2 aromatic rings. The zero-order valence-corrected chi connectivity index (χ0v) is 11.9. The van der Waals surface area contributed by atoms with Gasteiger partial charge < -0.3 is 5.11 Å². The summed E-state index contributed by atoms with van der Waals surface area (Å²) in [6.45, 7) is 5.10. The summed E-state index contributed by atoms with van der Waals surface area (Å²) in [6, 6.07) is 16.6. The quantitative estimate of drug-likeness (QED) is 0.916. The first kappa shape index (κ1) is 13.2. The van der Waals surface area contributed by atoms with E-state index in [0.717, 1.165) is 25.2 Å². The second-order valence-corrected chi connectivity index (χ2v) is 5.76. The molecule has 1 aliphatic heterocycles. The highest BCUT2D eigenvalue weighted by molar-refractivity contribution is 5.35. The second-order valence-electron chi connectivity index (χ2n) is 5.76. The molecule has 0 bridgehead atoms. The van der Waals surface area contributed by atoms with Crippen molar-refractivity contribution in [1.29, 1.82) is 0 Å². The van der Waals surface area contributed by atoms with Crippen molar-refractivity contribution in [3.05, 3.63) is 65.2 Å². The molecule has 1 saturated heterocycles. The first-order valence-electron chi connectivity index (χ1n) is 7.28. The predicted octanol–water partition coefficient (Wildman–Crippen LogP) is 3.69. The summed E-state index contributed by atoms with van der Waals surface area (Å²) in [5, 5.41) is 9.95. The lowest BCUT2D eigenvalue weighted by Crippen LogP contribution is -2.19. The lowest BCUT2D eigenvalue weighted by molar-refractivity contribution is 0.320. The van der Waals surface area contributed by atoms with Gasteiger partial charge in [-0.25, -0.2) is 0 Å². The van der Waals surface area contributed by atoms with E-state index in [1.54, 1.807) is 6.07 Å². The van der Waals surface area contributed by atoms with Crippen molar-refractivity contribution in [2.45, 2.75) is 25.8 Å². The Morgan fingerprint density at radius 1 is 1.15 bits per heavy atom. The molecule has 1 fully saturated rings. The molecule has 1 atom stereocenters. The molecule has 2 nitrogen and oxygen atoms in total. The van der Waals surface area contributed by atoms with Crippen LogP contribution < -0.4 is 0 Å². The minimum Gasteiger partial charge on any atom is -0.508 e. The van der Waals surface area contributed by atoms with Crippen LogP contribution in [0.3, 0.4) is 0 Å². The van der Waals surface area contributed by atoms with E-state index in [0.29, 0.717) is 11.7 Å². The molecular formula is C18H21NO. The number of hydrogen-bond donors (Lipinski definition) is 1. The number of aromatic hydroxyl groups is 1. The summed E-state index contributed by atoms with van der Waals surface area (Å²) in [5.74, 6) is 1.04. The molecule has 0 radical (unpaired) electrons. The Hall–Kier alpha value is -1.80. The fourth-order valence-electron chi connectivity index (χ4n) is 3.06. The predicted molar refractivity (Wildman–Crippen MR) is 81.9 cm³/mol. The maximum Gasteiger partial charge on any atom is 0.120 e. The van der Waals surface area contributed by atoms with E-state index >= 15 is 0 Å². The van der Waals surface area contributed by atoms with Crippen molar-refractivity contribution in [3.63, 3.8) is 0 Å². The number of likely N-dealkylation sites (tertiary alicyclic amines) is 1. The van der Waals surface area contributed by atoms with Gasteiger partial charge in [0.15, 0.2) is 0 Å². The van der Waals surface area contributed by atoms with E-state index in [1.807, 2.05) is 6.07 Å². The van der Waals surface area contributed by atoms with Crippen molar-refractivity contribution in [2.75, 3.05) is 13.1 Å². The lowest BCUT2D eigenvalue weighted by atomic mass is 9.99. The maximum atomic E-state index is 9.95. The van der Waals surface area contributed by atoms with Gasteiger partial charge in [0.25, 0.3) is 0 Å². The second kappa shape index (κ2) is 5.68. The van der Waals surface area contributed by atoms with Crippen LogP contribution in [0.15, 0.2) is 48.5 Å². The molecule has 0 aromatic heterocycles. The van der Waals surface area contributed by atoms with Gasteiger partial charge in [-0.3, -0.25) is 4.90 Å². The van der Waals surface area contributed by atoms with Crippen LogP contribution in [0, 0.1) is 6.92 Å². The lowest BCUT2D eigenvalue weighted by Gasteiger charge is -2.17. The Balaban J connectivity index is 1.67. The van der Waals surface area contributed by atoms with Gasteiger partial charge in [-0.15, -0.1) is 0 Å². The van der Waals surface area contributed by atoms with Crippen molar-refractivity contribution >= 4 is 0 Å². The van der Waals surface area contributed by atoms with Crippen LogP contribution in [0.5, 0.6) is 5.75 Å². The maximum absolute atomic E-state index is 9.95. The topological polar surface area (TPSA) is 23.5 Å². The van der Waals surface area contributed by atoms with E-state index in [-0.39, 0.29) is 0 Å². The van der Waals surface area contributed by atoms with Crippen LogP contribution in [0.1, 0.15) is 29.0 Å². The molecule has 2 heteroatoms. The van der Waals surface area contributed by atoms with E-state index < -0.39 is 0 Å². The fourth-order valence-corrected chi connectivity index (χ4v) is 3.06. The summed E-state index contributed by atoms with van der Waals surface area (Å²) in [7, 11) is 0. The van der Waals surface area contributed by atoms with Crippen molar-refractivity contribution < 1.29 is 5.11 Å². The van der Waals surface area contributed by atoms with Crippen LogP contribution in [0.2, 0.25) is 0 Å². The highest BCUT2D eigenvalue weighted by atomic mass is 16.3. The smallest absolute Gasteiger partial charge is 0.120 e. The number of nitrogens with zero attached hydrogens (tertiary/aromatic N) is 1. The van der Waals surface area contributed by atoms with E-state index in [4.69, 9.17) is 0 Å².